The minimum absolute atomic E-state index is 0.218. The zero-order valence-electron chi connectivity index (χ0n) is 11.7. The van der Waals surface area contributed by atoms with Crippen molar-refractivity contribution in [3.63, 3.8) is 0 Å². The molecule has 0 fully saturated rings. The van der Waals surface area contributed by atoms with Crippen molar-refractivity contribution in [1.82, 2.24) is 0 Å². The maximum Gasteiger partial charge on any atom is 0.331 e. The number of aliphatic hydroxyl groups is 1. The number of aliphatic hydroxyl groups excluding tert-OH is 1. The lowest BCUT2D eigenvalue weighted by molar-refractivity contribution is -0.133. The van der Waals surface area contributed by atoms with Crippen LogP contribution < -0.4 is 0 Å². The molecule has 0 saturated heterocycles. The van der Waals surface area contributed by atoms with Gasteiger partial charge in [0.15, 0.2) is 0 Å². The van der Waals surface area contributed by atoms with Gasteiger partial charge in [-0.1, -0.05) is 26.8 Å². The second-order valence-corrected chi connectivity index (χ2v) is 6.07. The Morgan fingerprint density at radius 3 is 2.50 bits per heavy atom. The van der Waals surface area contributed by atoms with Crippen molar-refractivity contribution in [3.8, 4) is 0 Å². The minimum atomic E-state index is -0.777. The van der Waals surface area contributed by atoms with Gasteiger partial charge in [-0.25, -0.2) is 4.79 Å². The first kappa shape index (κ1) is 15.2. The topological polar surface area (TPSA) is 57.5 Å². The van der Waals surface area contributed by atoms with Crippen LogP contribution in [0.2, 0.25) is 0 Å². The van der Waals surface area contributed by atoms with Crippen LogP contribution in [0.3, 0.4) is 0 Å². The first-order valence-electron chi connectivity index (χ1n) is 7.00. The van der Waals surface area contributed by atoms with Crippen LogP contribution in [0.15, 0.2) is 11.6 Å². The molecular formula is C15H26O3. The summed E-state index contributed by atoms with van der Waals surface area (Å²) in [6, 6.07) is 0. The van der Waals surface area contributed by atoms with Crippen LogP contribution in [-0.2, 0) is 4.79 Å². The van der Waals surface area contributed by atoms with Gasteiger partial charge in [0.05, 0.1) is 6.10 Å². The highest BCUT2D eigenvalue weighted by Gasteiger charge is 2.24. The number of rotatable bonds is 6. The van der Waals surface area contributed by atoms with Gasteiger partial charge in [0, 0.05) is 5.57 Å². The van der Waals surface area contributed by atoms with E-state index in [1.165, 1.54) is 0 Å². The van der Waals surface area contributed by atoms with Crippen LogP contribution >= 0.6 is 0 Å². The smallest absolute Gasteiger partial charge is 0.331 e. The third-order valence-corrected chi connectivity index (χ3v) is 3.92. The summed E-state index contributed by atoms with van der Waals surface area (Å²) < 4.78 is 0. The Morgan fingerprint density at radius 1 is 1.39 bits per heavy atom. The predicted molar refractivity (Wildman–Crippen MR) is 72.3 cm³/mol. The Morgan fingerprint density at radius 2 is 2.06 bits per heavy atom. The number of hydrogen-bond acceptors (Lipinski definition) is 2. The van der Waals surface area contributed by atoms with Gasteiger partial charge >= 0.3 is 5.97 Å². The Bertz CT molecular complexity index is 307. The lowest BCUT2D eigenvalue weighted by Crippen LogP contribution is -2.22. The molecule has 1 rings (SSSR count). The lowest BCUT2D eigenvalue weighted by atomic mass is 9.78. The van der Waals surface area contributed by atoms with Gasteiger partial charge in [0.2, 0.25) is 0 Å². The number of aliphatic carboxylic acids is 1. The summed E-state index contributed by atoms with van der Waals surface area (Å²) in [5, 5.41) is 18.9. The molecule has 0 saturated carbocycles. The normalized spacial score (nSPS) is 23.6. The summed E-state index contributed by atoms with van der Waals surface area (Å²) in [6.45, 7) is 6.42. The van der Waals surface area contributed by atoms with Gasteiger partial charge in [-0.2, -0.15) is 0 Å². The molecule has 0 bridgehead atoms. The maximum absolute atomic E-state index is 10.8. The average Bonchev–Trinajstić information content (AvgIpc) is 2.27. The second-order valence-electron chi connectivity index (χ2n) is 6.07. The van der Waals surface area contributed by atoms with E-state index in [0.29, 0.717) is 29.7 Å². The third kappa shape index (κ3) is 4.81. The molecule has 3 nitrogen and oxygen atoms in total. The Balaban J connectivity index is 2.40. The molecule has 0 radical (unpaired) electrons. The summed E-state index contributed by atoms with van der Waals surface area (Å²) in [5.74, 6) is 0.735. The summed E-state index contributed by atoms with van der Waals surface area (Å²) in [5.41, 5.74) is 0.557. The highest BCUT2D eigenvalue weighted by atomic mass is 16.4. The van der Waals surface area contributed by atoms with E-state index in [2.05, 4.69) is 20.8 Å². The van der Waals surface area contributed by atoms with Crippen molar-refractivity contribution in [2.45, 2.75) is 59.0 Å². The van der Waals surface area contributed by atoms with E-state index in [1.54, 1.807) is 0 Å². The maximum atomic E-state index is 10.8. The van der Waals surface area contributed by atoms with Crippen molar-refractivity contribution < 1.29 is 15.0 Å². The monoisotopic (exact) mass is 254 g/mol. The molecule has 0 unspecified atom stereocenters. The molecule has 1 aliphatic carbocycles. The highest BCUT2D eigenvalue weighted by Crippen LogP contribution is 2.32. The SMILES string of the molecule is CC(C)C[C@@H](O)C[C@H](C)[C@H]1CC=C(C(=O)O)CC1. The summed E-state index contributed by atoms with van der Waals surface area (Å²) in [7, 11) is 0. The Hall–Kier alpha value is -0.830. The molecule has 0 heterocycles. The van der Waals surface area contributed by atoms with Crippen LogP contribution in [-0.4, -0.2) is 22.3 Å². The van der Waals surface area contributed by atoms with Gasteiger partial charge in [-0.3, -0.25) is 0 Å². The molecule has 1 aliphatic rings. The molecule has 0 amide bonds. The van der Waals surface area contributed by atoms with Gasteiger partial charge in [0.25, 0.3) is 0 Å². The van der Waals surface area contributed by atoms with E-state index in [-0.39, 0.29) is 6.10 Å². The van der Waals surface area contributed by atoms with Crippen LogP contribution in [0.5, 0.6) is 0 Å². The van der Waals surface area contributed by atoms with E-state index in [1.807, 2.05) is 6.08 Å². The molecule has 0 aromatic rings. The first-order valence-corrected chi connectivity index (χ1v) is 7.00. The van der Waals surface area contributed by atoms with Crippen molar-refractivity contribution in [2.75, 3.05) is 0 Å². The van der Waals surface area contributed by atoms with Crippen LogP contribution in [0, 0.1) is 17.8 Å². The van der Waals surface area contributed by atoms with Gasteiger partial charge in [0.1, 0.15) is 0 Å². The van der Waals surface area contributed by atoms with Crippen molar-refractivity contribution in [3.05, 3.63) is 11.6 Å². The summed E-state index contributed by atoms with van der Waals surface area (Å²) in [4.78, 5) is 10.8. The van der Waals surface area contributed by atoms with Crippen molar-refractivity contribution >= 4 is 5.97 Å². The largest absolute Gasteiger partial charge is 0.478 e. The molecule has 0 aliphatic heterocycles. The molecule has 0 aromatic carbocycles. The van der Waals surface area contributed by atoms with Gasteiger partial charge < -0.3 is 10.2 Å². The fraction of sp³-hybridized carbons (Fsp3) is 0.800. The van der Waals surface area contributed by atoms with E-state index in [4.69, 9.17) is 5.11 Å². The van der Waals surface area contributed by atoms with Crippen LogP contribution in [0.25, 0.3) is 0 Å². The third-order valence-electron chi connectivity index (χ3n) is 3.92. The highest BCUT2D eigenvalue weighted by molar-refractivity contribution is 5.86. The van der Waals surface area contributed by atoms with Gasteiger partial charge in [-0.15, -0.1) is 0 Å². The summed E-state index contributed by atoms with van der Waals surface area (Å²) in [6.07, 6.45) is 5.79. The van der Waals surface area contributed by atoms with E-state index >= 15 is 0 Å². The quantitative estimate of drug-likeness (QED) is 0.765. The number of allylic oxidation sites excluding steroid dienone is 1. The number of carbonyl (C=O) groups is 1. The minimum Gasteiger partial charge on any atom is -0.478 e. The number of carboxylic acid groups (broad SMARTS) is 1. The van der Waals surface area contributed by atoms with E-state index in [9.17, 15) is 9.90 Å². The van der Waals surface area contributed by atoms with Crippen molar-refractivity contribution in [1.29, 1.82) is 0 Å². The standard InChI is InChI=1S/C15H26O3/c1-10(2)8-14(16)9-11(3)12-4-6-13(7-5-12)15(17)18/h6,10-12,14,16H,4-5,7-9H2,1-3H3,(H,17,18)/t11-,12-,14+/m0/s1. The van der Waals surface area contributed by atoms with Crippen LogP contribution in [0.4, 0.5) is 0 Å². The zero-order valence-corrected chi connectivity index (χ0v) is 11.7. The molecule has 2 N–H and O–H groups in total. The van der Waals surface area contributed by atoms with Gasteiger partial charge in [-0.05, 0) is 49.9 Å². The molecule has 3 heteroatoms. The second kappa shape index (κ2) is 6.93. The van der Waals surface area contributed by atoms with E-state index < -0.39 is 5.97 Å². The number of carboxylic acids is 1. The zero-order chi connectivity index (χ0) is 13.7. The van der Waals surface area contributed by atoms with Crippen LogP contribution in [0.1, 0.15) is 52.9 Å². The molecule has 0 spiro atoms. The predicted octanol–water partition coefficient (Wildman–Crippen LogP) is 3.23. The summed E-state index contributed by atoms with van der Waals surface area (Å²) >= 11 is 0. The van der Waals surface area contributed by atoms with E-state index in [0.717, 1.165) is 25.7 Å². The molecular weight excluding hydrogens is 228 g/mol. The first-order chi connectivity index (χ1) is 8.40. The average molecular weight is 254 g/mol. The molecule has 3 atom stereocenters. The Kier molecular flexibility index (Phi) is 5.86. The lowest BCUT2D eigenvalue weighted by Gasteiger charge is -2.28. The molecule has 18 heavy (non-hydrogen) atoms. The fourth-order valence-electron chi connectivity index (χ4n) is 2.83. The molecule has 0 aromatic heterocycles. The number of hydrogen-bond donors (Lipinski definition) is 2. The molecule has 104 valence electrons. The fourth-order valence-corrected chi connectivity index (χ4v) is 2.83. The Labute approximate surface area is 110 Å². The van der Waals surface area contributed by atoms with Crippen molar-refractivity contribution in [2.24, 2.45) is 17.8 Å².